The lowest BCUT2D eigenvalue weighted by Crippen LogP contribution is -2.47. The summed E-state index contributed by atoms with van der Waals surface area (Å²) in [6.45, 7) is 6.24. The van der Waals surface area contributed by atoms with E-state index in [1.54, 1.807) is 15.2 Å². The molecule has 2 aliphatic heterocycles. The number of urea groups is 1. The van der Waals surface area contributed by atoms with Crippen molar-refractivity contribution in [2.75, 3.05) is 9.62 Å². The third kappa shape index (κ3) is 3.43. The normalized spacial score (nSPS) is 26.1. The minimum Gasteiger partial charge on any atom is -0.314 e. The average molecular weight is 442 g/mol. The first-order valence-corrected chi connectivity index (χ1v) is 10.5. The van der Waals surface area contributed by atoms with Crippen molar-refractivity contribution in [3.8, 4) is 0 Å². The van der Waals surface area contributed by atoms with Crippen LogP contribution in [0, 0.1) is 17.5 Å². The third-order valence-electron chi connectivity index (χ3n) is 5.51. The Morgan fingerprint density at radius 2 is 1.90 bits per heavy atom. The van der Waals surface area contributed by atoms with E-state index in [9.17, 15) is 22.2 Å². The Bertz CT molecular complexity index is 1010. The molecule has 0 aliphatic carbocycles. The monoisotopic (exact) mass is 442 g/mol. The van der Waals surface area contributed by atoms with Crippen LogP contribution in [0.15, 0.2) is 18.3 Å². The topological polar surface area (TPSA) is 82.5 Å². The van der Waals surface area contributed by atoms with Crippen molar-refractivity contribution in [3.63, 3.8) is 0 Å². The molecule has 0 bridgehead atoms. The molecule has 1 fully saturated rings. The van der Waals surface area contributed by atoms with E-state index < -0.39 is 34.7 Å². The summed E-state index contributed by atoms with van der Waals surface area (Å²) in [5, 5.41) is 6.78. The van der Waals surface area contributed by atoms with E-state index in [1.165, 1.54) is 4.90 Å². The molecular formula is C18H21F3N6O2S. The number of nitrogens with one attached hydrogen (secondary N) is 2. The summed E-state index contributed by atoms with van der Waals surface area (Å²) in [6.07, 6.45) is 1.63. The number of nitrogens with zero attached hydrogens (tertiary/aromatic N) is 4. The van der Waals surface area contributed by atoms with Gasteiger partial charge in [0.05, 0.1) is 42.8 Å². The second kappa shape index (κ2) is 7.58. The second-order valence-corrected chi connectivity index (χ2v) is 8.67. The van der Waals surface area contributed by atoms with Gasteiger partial charge in [-0.2, -0.15) is 5.10 Å². The van der Waals surface area contributed by atoms with Gasteiger partial charge in [0.15, 0.2) is 28.6 Å². The summed E-state index contributed by atoms with van der Waals surface area (Å²) in [6, 6.07) is 0.552. The first-order chi connectivity index (χ1) is 14.2. The first-order valence-electron chi connectivity index (χ1n) is 9.41. The quantitative estimate of drug-likeness (QED) is 0.702. The standard InChI is InChI=1S/C18H21F3N6O2S/c1-9-7-26-16(15(6-22-26)27-11(3)10(2)24-30(27)29)8-25(9)18(28)23-12-4-13(19)17(21)14(20)5-12/h4-6,9-11,24H,7-8H2,1-3H3,(H,23,28)/t9-,10?,11?,30?/m0/s1. The number of hydrogen-bond donors (Lipinski definition) is 2. The fourth-order valence-corrected chi connectivity index (χ4v) is 5.09. The highest BCUT2D eigenvalue weighted by atomic mass is 32.2. The Morgan fingerprint density at radius 3 is 2.50 bits per heavy atom. The number of halogens is 3. The van der Waals surface area contributed by atoms with Crippen molar-refractivity contribution in [1.82, 2.24) is 19.4 Å². The van der Waals surface area contributed by atoms with Crippen LogP contribution in [-0.4, -0.2) is 43.0 Å². The Hall–Kier alpha value is -2.60. The molecule has 1 saturated heterocycles. The van der Waals surface area contributed by atoms with Crippen LogP contribution in [0.5, 0.6) is 0 Å². The van der Waals surface area contributed by atoms with Gasteiger partial charge >= 0.3 is 6.03 Å². The SMILES string of the molecule is CC1NS(=O)N(c2cnn3c2CN(C(=O)Nc2cc(F)c(F)c(F)c2)[C@@H](C)C3)C1C. The summed E-state index contributed by atoms with van der Waals surface area (Å²) < 4.78 is 59.0. The molecule has 4 rings (SSSR count). The Kier molecular flexibility index (Phi) is 5.22. The minimum atomic E-state index is -1.59. The van der Waals surface area contributed by atoms with Crippen molar-refractivity contribution in [1.29, 1.82) is 0 Å². The zero-order valence-corrected chi connectivity index (χ0v) is 17.3. The molecule has 1 aromatic carbocycles. The molecule has 162 valence electrons. The van der Waals surface area contributed by atoms with Crippen LogP contribution >= 0.6 is 0 Å². The van der Waals surface area contributed by atoms with Gasteiger partial charge in [-0.3, -0.25) is 8.99 Å². The largest absolute Gasteiger partial charge is 0.322 e. The zero-order valence-electron chi connectivity index (χ0n) is 16.5. The molecule has 1 aromatic heterocycles. The van der Waals surface area contributed by atoms with Crippen LogP contribution in [0.2, 0.25) is 0 Å². The van der Waals surface area contributed by atoms with Crippen LogP contribution in [0.4, 0.5) is 29.3 Å². The van der Waals surface area contributed by atoms with E-state index in [-0.39, 0.29) is 30.4 Å². The maximum absolute atomic E-state index is 13.5. The summed E-state index contributed by atoms with van der Waals surface area (Å²) in [7, 11) is 0. The van der Waals surface area contributed by atoms with Gasteiger partial charge in [0.25, 0.3) is 0 Å². The molecule has 4 atom stereocenters. The molecule has 2 amide bonds. The van der Waals surface area contributed by atoms with Crippen LogP contribution in [0.1, 0.15) is 26.5 Å². The maximum Gasteiger partial charge on any atom is 0.322 e. The lowest BCUT2D eigenvalue weighted by molar-refractivity contribution is 0.161. The van der Waals surface area contributed by atoms with Crippen molar-refractivity contribution in [2.24, 2.45) is 0 Å². The van der Waals surface area contributed by atoms with Crippen LogP contribution in [0.3, 0.4) is 0 Å². The number of aromatic nitrogens is 2. The predicted octanol–water partition coefficient (Wildman–Crippen LogP) is 2.50. The fraction of sp³-hybridized carbons (Fsp3) is 0.444. The summed E-state index contributed by atoms with van der Waals surface area (Å²) >= 11 is -1.43. The van der Waals surface area contributed by atoms with E-state index in [0.717, 1.165) is 12.1 Å². The Balaban J connectivity index is 1.58. The highest BCUT2D eigenvalue weighted by molar-refractivity contribution is 7.84. The third-order valence-corrected chi connectivity index (χ3v) is 6.97. The molecule has 2 N–H and O–H groups in total. The van der Waals surface area contributed by atoms with Crippen molar-refractivity contribution >= 4 is 28.6 Å². The molecule has 0 spiro atoms. The van der Waals surface area contributed by atoms with E-state index >= 15 is 0 Å². The van der Waals surface area contributed by atoms with Gasteiger partial charge in [-0.1, -0.05) is 0 Å². The summed E-state index contributed by atoms with van der Waals surface area (Å²) in [5.74, 6) is -4.36. The second-order valence-electron chi connectivity index (χ2n) is 7.54. The van der Waals surface area contributed by atoms with Gasteiger partial charge < -0.3 is 10.2 Å². The highest BCUT2D eigenvalue weighted by Gasteiger charge is 2.38. The lowest BCUT2D eigenvalue weighted by atomic mass is 10.1. The van der Waals surface area contributed by atoms with E-state index in [0.29, 0.717) is 17.9 Å². The molecule has 2 aliphatic rings. The molecule has 30 heavy (non-hydrogen) atoms. The molecule has 3 heterocycles. The molecule has 0 saturated carbocycles. The van der Waals surface area contributed by atoms with Gasteiger partial charge in [-0.25, -0.2) is 26.9 Å². The predicted molar refractivity (Wildman–Crippen MR) is 105 cm³/mol. The van der Waals surface area contributed by atoms with Crippen LogP contribution in [-0.2, 0) is 24.3 Å². The summed E-state index contributed by atoms with van der Waals surface area (Å²) in [5.41, 5.74) is 1.17. The molecule has 0 radical (unpaired) electrons. The van der Waals surface area contributed by atoms with E-state index in [4.69, 9.17) is 0 Å². The Labute approximate surface area is 173 Å². The Morgan fingerprint density at radius 1 is 1.23 bits per heavy atom. The van der Waals surface area contributed by atoms with Crippen molar-refractivity contribution < 1.29 is 22.2 Å². The number of anilines is 2. The first kappa shape index (κ1) is 20.7. The van der Waals surface area contributed by atoms with Crippen molar-refractivity contribution in [3.05, 3.63) is 41.5 Å². The van der Waals surface area contributed by atoms with Gasteiger partial charge in [0.1, 0.15) is 0 Å². The number of carbonyl (C=O) groups excluding carboxylic acids is 1. The average Bonchev–Trinajstić information content (AvgIpc) is 3.18. The number of hydrogen-bond acceptors (Lipinski definition) is 3. The number of benzene rings is 1. The van der Waals surface area contributed by atoms with Crippen LogP contribution < -0.4 is 14.3 Å². The van der Waals surface area contributed by atoms with Gasteiger partial charge in [0, 0.05) is 23.9 Å². The zero-order chi connectivity index (χ0) is 21.7. The number of rotatable bonds is 2. The molecule has 8 nitrogen and oxygen atoms in total. The van der Waals surface area contributed by atoms with Crippen molar-refractivity contribution in [2.45, 2.75) is 52.0 Å². The van der Waals surface area contributed by atoms with Gasteiger partial charge in [-0.15, -0.1) is 0 Å². The highest BCUT2D eigenvalue weighted by Crippen LogP contribution is 2.32. The molecule has 2 aromatic rings. The van der Waals surface area contributed by atoms with E-state index in [2.05, 4.69) is 15.1 Å². The molecule has 3 unspecified atom stereocenters. The molecule has 12 heteroatoms. The van der Waals surface area contributed by atoms with E-state index in [1.807, 2.05) is 20.8 Å². The minimum absolute atomic E-state index is 0.00608. The lowest BCUT2D eigenvalue weighted by Gasteiger charge is -2.35. The van der Waals surface area contributed by atoms with Gasteiger partial charge in [-0.05, 0) is 20.8 Å². The number of amides is 2. The molecular weight excluding hydrogens is 421 g/mol. The van der Waals surface area contributed by atoms with Gasteiger partial charge in [0.2, 0.25) is 0 Å². The van der Waals surface area contributed by atoms with Crippen LogP contribution in [0.25, 0.3) is 0 Å². The number of fused-ring (bicyclic) bond motifs is 1. The fourth-order valence-electron chi connectivity index (χ4n) is 3.64. The number of carbonyl (C=O) groups is 1. The smallest absolute Gasteiger partial charge is 0.314 e. The maximum atomic E-state index is 13.5. The summed E-state index contributed by atoms with van der Waals surface area (Å²) in [4.78, 5) is 14.3.